The van der Waals surface area contributed by atoms with E-state index < -0.39 is 20.9 Å². The number of carbonyl (C=O) groups excluding carboxylic acids is 2. The molecule has 0 saturated heterocycles. The number of rotatable bonds is 8. The molecule has 1 saturated carbocycles. The largest absolute Gasteiger partial charge is 0.335 e. The summed E-state index contributed by atoms with van der Waals surface area (Å²) in [5.74, 6) is -0.575. The summed E-state index contributed by atoms with van der Waals surface area (Å²) in [6.07, 6.45) is 1.95. The Kier molecular flexibility index (Phi) is 6.64. The van der Waals surface area contributed by atoms with E-state index in [0.717, 1.165) is 18.9 Å². The Hall–Kier alpha value is -4.45. The van der Waals surface area contributed by atoms with Crippen molar-refractivity contribution in [2.75, 3.05) is 15.4 Å². The highest BCUT2D eigenvalue weighted by Gasteiger charge is 2.23. The van der Waals surface area contributed by atoms with E-state index in [4.69, 9.17) is 0 Å². The van der Waals surface area contributed by atoms with Crippen LogP contribution in [0.1, 0.15) is 23.2 Å². The normalized spacial score (nSPS) is 12.9. The molecule has 4 rings (SSSR count). The fraction of sp³-hybridized carbons (Fsp3) is 0.130. The lowest BCUT2D eigenvalue weighted by atomic mass is 10.1. The van der Waals surface area contributed by atoms with Crippen LogP contribution in [0.2, 0.25) is 0 Å². The quantitative estimate of drug-likeness (QED) is 0.274. The van der Waals surface area contributed by atoms with Crippen molar-refractivity contribution >= 4 is 44.7 Å². The Balaban J connectivity index is 1.46. The third-order valence-corrected chi connectivity index (χ3v) is 6.43. The number of nitrogens with one attached hydrogen (secondary N) is 4. The number of anilines is 3. The van der Waals surface area contributed by atoms with Crippen LogP contribution in [0.25, 0.3) is 0 Å². The second-order valence-electron chi connectivity index (χ2n) is 7.81. The summed E-state index contributed by atoms with van der Waals surface area (Å²) in [5, 5.41) is 19.2. The predicted molar refractivity (Wildman–Crippen MR) is 130 cm³/mol. The number of nitrogens with zero attached hydrogens (tertiary/aromatic N) is 1. The van der Waals surface area contributed by atoms with E-state index >= 15 is 0 Å². The molecule has 0 bridgehead atoms. The maximum atomic E-state index is 12.9. The van der Waals surface area contributed by atoms with Crippen molar-refractivity contribution in [2.45, 2.75) is 23.8 Å². The van der Waals surface area contributed by atoms with E-state index in [0.29, 0.717) is 11.4 Å². The zero-order valence-electron chi connectivity index (χ0n) is 18.2. The van der Waals surface area contributed by atoms with Crippen molar-refractivity contribution in [3.63, 3.8) is 0 Å². The Morgan fingerprint density at radius 1 is 0.886 bits per heavy atom. The van der Waals surface area contributed by atoms with Gasteiger partial charge < -0.3 is 16.0 Å². The fourth-order valence-corrected chi connectivity index (χ4v) is 4.27. The lowest BCUT2D eigenvalue weighted by Gasteiger charge is -2.13. The highest BCUT2D eigenvalue weighted by atomic mass is 32.2. The molecule has 180 valence electrons. The Morgan fingerprint density at radius 2 is 1.54 bits per heavy atom. The fourth-order valence-electron chi connectivity index (χ4n) is 3.15. The summed E-state index contributed by atoms with van der Waals surface area (Å²) in [5.41, 5.74) is 0.659. The Bertz CT molecular complexity index is 1390. The first-order valence-corrected chi connectivity index (χ1v) is 12.0. The van der Waals surface area contributed by atoms with Gasteiger partial charge in [-0.25, -0.2) is 13.2 Å². The van der Waals surface area contributed by atoms with E-state index in [1.54, 1.807) is 36.4 Å². The van der Waals surface area contributed by atoms with E-state index in [-0.39, 0.29) is 33.9 Å². The summed E-state index contributed by atoms with van der Waals surface area (Å²) < 4.78 is 27.9. The van der Waals surface area contributed by atoms with Gasteiger partial charge in [0.1, 0.15) is 0 Å². The molecular weight excluding hydrogens is 474 g/mol. The molecule has 0 atom stereocenters. The molecule has 12 heteroatoms. The zero-order chi connectivity index (χ0) is 25.0. The molecule has 11 nitrogen and oxygen atoms in total. The molecule has 1 aliphatic rings. The molecule has 3 aromatic rings. The summed E-state index contributed by atoms with van der Waals surface area (Å²) in [4.78, 5) is 34.7. The number of amides is 3. The average Bonchev–Trinajstić information content (AvgIpc) is 3.64. The number of hydrogen-bond donors (Lipinski definition) is 4. The topological polar surface area (TPSA) is 160 Å². The SMILES string of the molecule is O=C(Nc1ccc(NC(=O)c2ccccc2NS(=O)(=O)c2cccc([N+](=O)[O-])c2)cc1)NC1CC1. The van der Waals surface area contributed by atoms with E-state index in [1.165, 1.54) is 30.3 Å². The minimum Gasteiger partial charge on any atom is -0.335 e. The van der Waals surface area contributed by atoms with Crippen molar-refractivity contribution in [3.8, 4) is 0 Å². The van der Waals surface area contributed by atoms with Crippen LogP contribution in [0.3, 0.4) is 0 Å². The van der Waals surface area contributed by atoms with E-state index in [1.807, 2.05) is 0 Å². The third-order valence-electron chi connectivity index (χ3n) is 5.07. The summed E-state index contributed by atoms with van der Waals surface area (Å²) in [6.45, 7) is 0. The van der Waals surface area contributed by atoms with Gasteiger partial charge in [-0.2, -0.15) is 0 Å². The molecule has 0 spiro atoms. The molecule has 0 aliphatic heterocycles. The van der Waals surface area contributed by atoms with Gasteiger partial charge in [-0.3, -0.25) is 19.6 Å². The molecule has 1 fully saturated rings. The van der Waals surface area contributed by atoms with Gasteiger partial charge in [0.05, 0.1) is 21.1 Å². The maximum absolute atomic E-state index is 12.9. The van der Waals surface area contributed by atoms with Crippen molar-refractivity contribution in [1.82, 2.24) is 5.32 Å². The van der Waals surface area contributed by atoms with Crippen LogP contribution in [0.15, 0.2) is 77.7 Å². The number of nitro benzene ring substituents is 1. The standard InChI is InChI=1S/C23H21N5O6S/c29-22(24-15-8-10-16(11-9-15)25-23(30)26-17-12-13-17)20-6-1-2-7-21(20)27-35(33,34)19-5-3-4-18(14-19)28(31)32/h1-11,14,17,27H,12-13H2,(H,24,29)(H2,25,26,30). The van der Waals surface area contributed by atoms with Gasteiger partial charge in [0.25, 0.3) is 21.6 Å². The summed E-state index contributed by atoms with van der Waals surface area (Å²) in [6, 6.07) is 17.0. The van der Waals surface area contributed by atoms with Crippen molar-refractivity contribution in [2.24, 2.45) is 0 Å². The smallest absolute Gasteiger partial charge is 0.319 e. The number of urea groups is 1. The van der Waals surface area contributed by atoms with Gasteiger partial charge in [-0.15, -0.1) is 0 Å². The number of sulfonamides is 1. The Morgan fingerprint density at radius 3 is 2.20 bits per heavy atom. The lowest BCUT2D eigenvalue weighted by molar-refractivity contribution is -0.385. The number of benzene rings is 3. The average molecular weight is 496 g/mol. The highest BCUT2D eigenvalue weighted by Crippen LogP contribution is 2.24. The van der Waals surface area contributed by atoms with Crippen molar-refractivity contribution < 1.29 is 22.9 Å². The minimum atomic E-state index is -4.20. The molecule has 0 radical (unpaired) electrons. The maximum Gasteiger partial charge on any atom is 0.319 e. The Labute approximate surface area is 200 Å². The second-order valence-corrected chi connectivity index (χ2v) is 9.49. The van der Waals surface area contributed by atoms with Gasteiger partial charge in [0, 0.05) is 29.5 Å². The van der Waals surface area contributed by atoms with Crippen LogP contribution in [0, 0.1) is 10.1 Å². The van der Waals surface area contributed by atoms with Crippen LogP contribution < -0.4 is 20.7 Å². The summed E-state index contributed by atoms with van der Waals surface area (Å²) >= 11 is 0. The highest BCUT2D eigenvalue weighted by molar-refractivity contribution is 7.92. The van der Waals surface area contributed by atoms with Gasteiger partial charge in [0.15, 0.2) is 0 Å². The minimum absolute atomic E-state index is 0.00606. The first-order valence-electron chi connectivity index (χ1n) is 10.6. The zero-order valence-corrected chi connectivity index (χ0v) is 19.0. The monoisotopic (exact) mass is 495 g/mol. The molecule has 0 heterocycles. The molecule has 0 aromatic heterocycles. The molecule has 1 aliphatic carbocycles. The van der Waals surface area contributed by atoms with Crippen molar-refractivity contribution in [1.29, 1.82) is 0 Å². The van der Waals surface area contributed by atoms with Crippen LogP contribution in [0.4, 0.5) is 27.5 Å². The van der Waals surface area contributed by atoms with Gasteiger partial charge >= 0.3 is 6.03 Å². The number of non-ortho nitro benzene ring substituents is 1. The summed E-state index contributed by atoms with van der Waals surface area (Å²) in [7, 11) is -4.20. The van der Waals surface area contributed by atoms with Crippen LogP contribution in [-0.2, 0) is 10.0 Å². The van der Waals surface area contributed by atoms with Crippen LogP contribution in [0.5, 0.6) is 0 Å². The van der Waals surface area contributed by atoms with Gasteiger partial charge in [-0.05, 0) is 55.3 Å². The molecule has 3 amide bonds. The number of para-hydroxylation sites is 1. The van der Waals surface area contributed by atoms with Gasteiger partial charge in [0.2, 0.25) is 0 Å². The van der Waals surface area contributed by atoms with Gasteiger partial charge in [-0.1, -0.05) is 18.2 Å². The van der Waals surface area contributed by atoms with Crippen molar-refractivity contribution in [3.05, 3.63) is 88.5 Å². The lowest BCUT2D eigenvalue weighted by Crippen LogP contribution is -2.30. The van der Waals surface area contributed by atoms with E-state index in [2.05, 4.69) is 20.7 Å². The molecule has 4 N–H and O–H groups in total. The first-order chi connectivity index (χ1) is 16.7. The second kappa shape index (κ2) is 9.81. The predicted octanol–water partition coefficient (Wildman–Crippen LogP) is 3.93. The molecular formula is C23H21N5O6S. The number of nitro groups is 1. The van der Waals surface area contributed by atoms with E-state index in [9.17, 15) is 28.1 Å². The van der Waals surface area contributed by atoms with Crippen LogP contribution >= 0.6 is 0 Å². The van der Waals surface area contributed by atoms with Crippen LogP contribution in [-0.4, -0.2) is 31.3 Å². The first kappa shape index (κ1) is 23.7. The molecule has 3 aromatic carbocycles. The molecule has 0 unspecified atom stereocenters. The number of carbonyl (C=O) groups is 2. The third kappa shape index (κ3) is 6.12. The molecule has 35 heavy (non-hydrogen) atoms. The number of hydrogen-bond acceptors (Lipinski definition) is 6.